The van der Waals surface area contributed by atoms with Gasteiger partial charge in [-0.3, -0.25) is 4.79 Å². The molecule has 2 aromatic heterocycles. The van der Waals surface area contributed by atoms with Crippen molar-refractivity contribution in [3.63, 3.8) is 0 Å². The van der Waals surface area contributed by atoms with Gasteiger partial charge in [0.25, 0.3) is 5.56 Å². The average molecular weight is 276 g/mol. The van der Waals surface area contributed by atoms with Crippen LogP contribution in [0.3, 0.4) is 0 Å². The highest BCUT2D eigenvalue weighted by atomic mass is 16.1. The first-order chi connectivity index (χ1) is 10.3. The van der Waals surface area contributed by atoms with Crippen molar-refractivity contribution >= 4 is 21.9 Å². The summed E-state index contributed by atoms with van der Waals surface area (Å²) in [5, 5.41) is 9.19. The van der Waals surface area contributed by atoms with Gasteiger partial charge < -0.3 is 4.98 Å². The van der Waals surface area contributed by atoms with Crippen LogP contribution in [0.15, 0.2) is 59.4 Å². The van der Waals surface area contributed by atoms with Crippen molar-refractivity contribution in [1.29, 1.82) is 0 Å². The van der Waals surface area contributed by atoms with Gasteiger partial charge in [-0.25, -0.2) is 4.68 Å². The number of aromatic amines is 1. The second-order valence-electron chi connectivity index (χ2n) is 4.93. The number of hydrogen-bond acceptors (Lipinski definition) is 3. The smallest absolute Gasteiger partial charge is 0.294 e. The zero-order valence-corrected chi connectivity index (χ0v) is 11.2. The lowest BCUT2D eigenvalue weighted by Crippen LogP contribution is -2.24. The zero-order valence-electron chi connectivity index (χ0n) is 11.2. The second kappa shape index (κ2) is 4.56. The molecule has 2 aromatic carbocycles. The maximum atomic E-state index is 12.5. The highest BCUT2D eigenvalue weighted by molar-refractivity contribution is 6.04. The standard InChI is InChI=1S/C16H12N4O/c21-16-15-14(12-8-4-5-9-13(12)17-15)18-19-20(16)10-11-6-2-1-3-7-11/h1-9,17H,10H2. The molecule has 1 N–H and O–H groups in total. The molecule has 0 fully saturated rings. The van der Waals surface area contributed by atoms with Gasteiger partial charge in [0.15, 0.2) is 0 Å². The van der Waals surface area contributed by atoms with Crippen LogP contribution in [0.4, 0.5) is 0 Å². The van der Waals surface area contributed by atoms with E-state index in [1.54, 1.807) is 0 Å². The molecule has 0 amide bonds. The third-order valence-corrected chi connectivity index (χ3v) is 3.55. The summed E-state index contributed by atoms with van der Waals surface area (Å²) in [6.45, 7) is 0.415. The minimum atomic E-state index is -0.153. The minimum absolute atomic E-state index is 0.153. The molecule has 0 radical (unpaired) electrons. The van der Waals surface area contributed by atoms with Crippen LogP contribution in [0.5, 0.6) is 0 Å². The lowest BCUT2D eigenvalue weighted by Gasteiger charge is -2.03. The molecule has 4 aromatic rings. The SMILES string of the molecule is O=c1c2[nH]c3ccccc3c2nnn1Cc1ccccc1. The van der Waals surface area contributed by atoms with Crippen LogP contribution in [-0.4, -0.2) is 20.0 Å². The molecule has 5 nitrogen and oxygen atoms in total. The van der Waals surface area contributed by atoms with Crippen LogP contribution in [-0.2, 0) is 6.54 Å². The number of benzene rings is 2. The summed E-state index contributed by atoms with van der Waals surface area (Å²) >= 11 is 0. The molecule has 0 aliphatic rings. The maximum Gasteiger partial charge on any atom is 0.294 e. The van der Waals surface area contributed by atoms with Gasteiger partial charge in [-0.1, -0.05) is 53.7 Å². The number of fused-ring (bicyclic) bond motifs is 3. The Bertz CT molecular complexity index is 985. The van der Waals surface area contributed by atoms with E-state index in [2.05, 4.69) is 15.3 Å². The van der Waals surface area contributed by atoms with E-state index >= 15 is 0 Å². The molecule has 0 bridgehead atoms. The third-order valence-electron chi connectivity index (χ3n) is 3.55. The van der Waals surface area contributed by atoms with Gasteiger partial charge in [-0.15, -0.1) is 5.10 Å². The van der Waals surface area contributed by atoms with Crippen molar-refractivity contribution in [2.75, 3.05) is 0 Å². The molecular weight excluding hydrogens is 264 g/mol. The summed E-state index contributed by atoms with van der Waals surface area (Å²) in [6.07, 6.45) is 0. The highest BCUT2D eigenvalue weighted by Gasteiger charge is 2.11. The molecule has 0 aliphatic heterocycles. The molecule has 0 spiro atoms. The van der Waals surface area contributed by atoms with Crippen LogP contribution in [0.1, 0.15) is 5.56 Å². The molecule has 102 valence electrons. The number of para-hydroxylation sites is 1. The number of hydrogen-bond donors (Lipinski definition) is 1. The van der Waals surface area contributed by atoms with Crippen molar-refractivity contribution in [3.8, 4) is 0 Å². The van der Waals surface area contributed by atoms with Crippen molar-refractivity contribution in [3.05, 3.63) is 70.5 Å². The average Bonchev–Trinajstić information content (AvgIpc) is 2.91. The first-order valence-corrected chi connectivity index (χ1v) is 6.71. The van der Waals surface area contributed by atoms with Crippen LogP contribution >= 0.6 is 0 Å². The van der Waals surface area contributed by atoms with Gasteiger partial charge in [0.1, 0.15) is 11.0 Å². The molecule has 21 heavy (non-hydrogen) atoms. The van der Waals surface area contributed by atoms with Crippen LogP contribution in [0.2, 0.25) is 0 Å². The Kier molecular flexibility index (Phi) is 2.57. The molecular formula is C16H12N4O. The summed E-state index contributed by atoms with van der Waals surface area (Å²) < 4.78 is 1.38. The number of H-pyrrole nitrogens is 1. The Labute approximate surface area is 119 Å². The van der Waals surface area contributed by atoms with Crippen LogP contribution in [0, 0.1) is 0 Å². The van der Waals surface area contributed by atoms with Crippen LogP contribution < -0.4 is 5.56 Å². The summed E-state index contributed by atoms with van der Waals surface area (Å²) in [6, 6.07) is 17.5. The Balaban J connectivity index is 1.90. The topological polar surface area (TPSA) is 63.6 Å². The zero-order chi connectivity index (χ0) is 14.2. The fourth-order valence-corrected chi connectivity index (χ4v) is 2.51. The Morgan fingerprint density at radius 3 is 2.62 bits per heavy atom. The van der Waals surface area contributed by atoms with Crippen LogP contribution in [0.25, 0.3) is 21.9 Å². The number of nitrogens with one attached hydrogen (secondary N) is 1. The van der Waals surface area contributed by atoms with Gasteiger partial charge in [-0.2, -0.15) is 0 Å². The first-order valence-electron chi connectivity index (χ1n) is 6.71. The molecule has 0 unspecified atom stereocenters. The first kappa shape index (κ1) is 11.8. The Morgan fingerprint density at radius 2 is 1.76 bits per heavy atom. The lowest BCUT2D eigenvalue weighted by molar-refractivity contribution is 0.600. The van der Waals surface area contributed by atoms with Gasteiger partial charge in [0, 0.05) is 10.9 Å². The molecule has 2 heterocycles. The van der Waals surface area contributed by atoms with Gasteiger partial charge in [-0.05, 0) is 11.6 Å². The fourth-order valence-electron chi connectivity index (χ4n) is 2.51. The Morgan fingerprint density at radius 1 is 1.00 bits per heavy atom. The largest absolute Gasteiger partial charge is 0.349 e. The molecule has 0 aliphatic carbocycles. The molecule has 0 saturated heterocycles. The van der Waals surface area contributed by atoms with E-state index < -0.39 is 0 Å². The lowest BCUT2D eigenvalue weighted by atomic mass is 10.2. The van der Waals surface area contributed by atoms with E-state index in [1.165, 1.54) is 4.68 Å². The van der Waals surface area contributed by atoms with E-state index in [-0.39, 0.29) is 5.56 Å². The number of rotatable bonds is 2. The van der Waals surface area contributed by atoms with Gasteiger partial charge >= 0.3 is 0 Å². The van der Waals surface area contributed by atoms with E-state index in [9.17, 15) is 4.79 Å². The summed E-state index contributed by atoms with van der Waals surface area (Å²) in [5.41, 5.74) is 2.89. The van der Waals surface area contributed by atoms with E-state index in [0.717, 1.165) is 16.5 Å². The van der Waals surface area contributed by atoms with Crippen molar-refractivity contribution in [1.82, 2.24) is 20.0 Å². The third kappa shape index (κ3) is 1.90. The minimum Gasteiger partial charge on any atom is -0.349 e. The van der Waals surface area contributed by atoms with Gasteiger partial charge in [0.2, 0.25) is 0 Å². The number of nitrogens with zero attached hydrogens (tertiary/aromatic N) is 3. The van der Waals surface area contributed by atoms with Gasteiger partial charge in [0.05, 0.1) is 6.54 Å². The number of aromatic nitrogens is 4. The maximum absolute atomic E-state index is 12.5. The quantitative estimate of drug-likeness (QED) is 0.611. The summed E-state index contributed by atoms with van der Waals surface area (Å²) in [7, 11) is 0. The molecule has 0 saturated carbocycles. The van der Waals surface area contributed by atoms with E-state index in [0.29, 0.717) is 17.6 Å². The van der Waals surface area contributed by atoms with Crippen molar-refractivity contribution < 1.29 is 0 Å². The van der Waals surface area contributed by atoms with E-state index in [4.69, 9.17) is 0 Å². The normalized spacial score (nSPS) is 11.2. The molecule has 5 heteroatoms. The summed E-state index contributed by atoms with van der Waals surface area (Å²) in [4.78, 5) is 15.7. The van der Waals surface area contributed by atoms with Crippen molar-refractivity contribution in [2.24, 2.45) is 0 Å². The van der Waals surface area contributed by atoms with E-state index in [1.807, 2.05) is 54.6 Å². The predicted octanol–water partition coefficient (Wildman–Crippen LogP) is 2.32. The Hall–Kier alpha value is -2.95. The monoisotopic (exact) mass is 276 g/mol. The fraction of sp³-hybridized carbons (Fsp3) is 0.0625. The molecule has 0 atom stereocenters. The predicted molar refractivity (Wildman–Crippen MR) is 81.2 cm³/mol. The molecule has 4 rings (SSSR count). The van der Waals surface area contributed by atoms with Crippen molar-refractivity contribution in [2.45, 2.75) is 6.54 Å². The highest BCUT2D eigenvalue weighted by Crippen LogP contribution is 2.20. The second-order valence-corrected chi connectivity index (χ2v) is 4.93. The summed E-state index contributed by atoms with van der Waals surface area (Å²) in [5.74, 6) is 0.